The predicted octanol–water partition coefficient (Wildman–Crippen LogP) is 4.77. The number of nitrogens with one attached hydrogen (secondary N) is 2. The number of carbonyl (C=O) groups is 1. The monoisotopic (exact) mass is 528 g/mol. The SMILES string of the molecule is O=C(N1CC=C(c2cc3c(Nc4ccc5ncsc5c4)ccnc3[nH]2)CC1)C1(CN2CCC(O)CC2)CC1. The van der Waals surface area contributed by atoms with Crippen molar-refractivity contribution >= 4 is 55.4 Å². The number of hydrogen-bond acceptors (Lipinski definition) is 7. The number of thiazole rings is 1. The minimum absolute atomic E-state index is 0.178. The van der Waals surface area contributed by atoms with E-state index in [4.69, 9.17) is 0 Å². The van der Waals surface area contributed by atoms with E-state index in [2.05, 4.69) is 49.4 Å². The minimum Gasteiger partial charge on any atom is -0.393 e. The van der Waals surface area contributed by atoms with Crippen molar-refractivity contribution in [3.8, 4) is 0 Å². The highest BCUT2D eigenvalue weighted by Crippen LogP contribution is 2.48. The second kappa shape index (κ2) is 9.48. The molecule has 38 heavy (non-hydrogen) atoms. The quantitative estimate of drug-likeness (QED) is 0.334. The van der Waals surface area contributed by atoms with Gasteiger partial charge in [0.1, 0.15) is 5.65 Å². The number of H-pyrrole nitrogens is 1. The fourth-order valence-corrected chi connectivity index (χ4v) is 6.64. The van der Waals surface area contributed by atoms with E-state index in [-0.39, 0.29) is 11.5 Å². The maximum Gasteiger partial charge on any atom is 0.230 e. The fraction of sp³-hybridized carbons (Fsp3) is 0.414. The van der Waals surface area contributed by atoms with Crippen molar-refractivity contribution in [2.75, 3.05) is 38.0 Å². The van der Waals surface area contributed by atoms with Crippen molar-refractivity contribution in [3.63, 3.8) is 0 Å². The number of aliphatic hydroxyl groups excluding tert-OH is 1. The standard InChI is InChI=1S/C29H32N6O2S/c36-21-6-11-34(12-7-21)17-29(8-9-29)28(37)35-13-4-19(5-14-35)25-16-22-23(3-10-30-27(22)33-25)32-20-1-2-24-26(15-20)38-18-31-24/h1-4,10,15-16,18,21,36H,5-9,11-14,17H2,(H2,30,32,33). The van der Waals surface area contributed by atoms with Crippen LogP contribution in [0.15, 0.2) is 48.1 Å². The summed E-state index contributed by atoms with van der Waals surface area (Å²) in [6.07, 6.45) is 8.27. The Morgan fingerprint density at radius 3 is 2.82 bits per heavy atom. The van der Waals surface area contributed by atoms with Crippen molar-refractivity contribution < 1.29 is 9.90 Å². The Hall–Kier alpha value is -3.27. The number of amides is 1. The Morgan fingerprint density at radius 2 is 2.03 bits per heavy atom. The summed E-state index contributed by atoms with van der Waals surface area (Å²) in [4.78, 5) is 30.3. The van der Waals surface area contributed by atoms with Gasteiger partial charge in [-0.3, -0.25) is 4.79 Å². The van der Waals surface area contributed by atoms with Gasteiger partial charge in [-0.15, -0.1) is 11.3 Å². The van der Waals surface area contributed by atoms with E-state index in [9.17, 15) is 9.90 Å². The summed E-state index contributed by atoms with van der Waals surface area (Å²) >= 11 is 1.64. The van der Waals surface area contributed by atoms with E-state index >= 15 is 0 Å². The number of aliphatic hydroxyl groups is 1. The molecule has 9 heteroatoms. The molecule has 0 bridgehead atoms. The van der Waals surface area contributed by atoms with Gasteiger partial charge in [0.25, 0.3) is 0 Å². The number of likely N-dealkylation sites (tertiary alicyclic amines) is 1. The first-order valence-corrected chi connectivity index (χ1v) is 14.4. The van der Waals surface area contributed by atoms with E-state index in [1.165, 1.54) is 5.57 Å². The molecule has 4 aromatic rings. The molecule has 3 aliphatic rings. The van der Waals surface area contributed by atoms with E-state index in [1.54, 1.807) is 11.3 Å². The molecule has 1 aromatic carbocycles. The van der Waals surface area contributed by atoms with Crippen molar-refractivity contribution in [1.82, 2.24) is 24.8 Å². The van der Waals surface area contributed by atoms with Crippen LogP contribution in [0.5, 0.6) is 0 Å². The average molecular weight is 529 g/mol. The minimum atomic E-state index is -0.207. The zero-order valence-corrected chi connectivity index (χ0v) is 22.1. The highest BCUT2D eigenvalue weighted by Gasteiger charge is 2.52. The van der Waals surface area contributed by atoms with Gasteiger partial charge in [0.2, 0.25) is 5.91 Å². The van der Waals surface area contributed by atoms with Crippen LogP contribution >= 0.6 is 11.3 Å². The van der Waals surface area contributed by atoms with Gasteiger partial charge in [-0.1, -0.05) is 6.08 Å². The Balaban J connectivity index is 1.05. The van der Waals surface area contributed by atoms with Gasteiger partial charge in [-0.2, -0.15) is 0 Å². The highest BCUT2D eigenvalue weighted by molar-refractivity contribution is 7.16. The summed E-state index contributed by atoms with van der Waals surface area (Å²) in [7, 11) is 0. The Kier molecular flexibility index (Phi) is 5.94. The van der Waals surface area contributed by atoms with Crippen LogP contribution in [0.2, 0.25) is 0 Å². The smallest absolute Gasteiger partial charge is 0.230 e. The first-order chi connectivity index (χ1) is 18.6. The molecule has 1 saturated heterocycles. The van der Waals surface area contributed by atoms with Crippen LogP contribution in [0.4, 0.5) is 11.4 Å². The predicted molar refractivity (Wildman–Crippen MR) is 152 cm³/mol. The summed E-state index contributed by atoms with van der Waals surface area (Å²) in [5, 5.41) is 14.4. The maximum absolute atomic E-state index is 13.5. The Bertz CT molecular complexity index is 1530. The Morgan fingerprint density at radius 1 is 1.16 bits per heavy atom. The van der Waals surface area contributed by atoms with Crippen LogP contribution in [0.3, 0.4) is 0 Å². The largest absolute Gasteiger partial charge is 0.393 e. The second-order valence-electron chi connectivity index (χ2n) is 11.0. The number of fused-ring (bicyclic) bond motifs is 2. The molecule has 1 saturated carbocycles. The van der Waals surface area contributed by atoms with Crippen LogP contribution in [-0.4, -0.2) is 74.6 Å². The van der Waals surface area contributed by atoms with Crippen molar-refractivity contribution in [3.05, 3.63) is 53.8 Å². The number of rotatable bonds is 6. The molecule has 5 heterocycles. The van der Waals surface area contributed by atoms with Gasteiger partial charge in [0, 0.05) is 55.7 Å². The molecule has 7 rings (SSSR count). The second-order valence-corrected chi connectivity index (χ2v) is 11.9. The first kappa shape index (κ1) is 23.8. The molecule has 0 spiro atoms. The number of aromatic nitrogens is 3. The molecule has 2 aliphatic heterocycles. The molecule has 2 fully saturated rings. The summed E-state index contributed by atoms with van der Waals surface area (Å²) in [5.74, 6) is 0.307. The molecule has 3 aromatic heterocycles. The summed E-state index contributed by atoms with van der Waals surface area (Å²) in [5.41, 5.74) is 7.87. The van der Waals surface area contributed by atoms with Crippen LogP contribution in [-0.2, 0) is 4.79 Å². The first-order valence-electron chi connectivity index (χ1n) is 13.5. The van der Waals surface area contributed by atoms with Gasteiger partial charge in [0.15, 0.2) is 0 Å². The molecule has 0 atom stereocenters. The summed E-state index contributed by atoms with van der Waals surface area (Å²) in [6.45, 7) is 4.02. The molecular weight excluding hydrogens is 496 g/mol. The lowest BCUT2D eigenvalue weighted by atomic mass is 9.98. The van der Waals surface area contributed by atoms with Gasteiger partial charge < -0.3 is 25.2 Å². The lowest BCUT2D eigenvalue weighted by Crippen LogP contribution is -2.46. The molecule has 0 radical (unpaired) electrons. The van der Waals surface area contributed by atoms with Crippen LogP contribution in [0, 0.1) is 5.41 Å². The number of benzene rings is 1. The molecule has 3 N–H and O–H groups in total. The van der Waals surface area contributed by atoms with E-state index in [0.717, 1.165) is 96.6 Å². The molecule has 1 aliphatic carbocycles. The third-order valence-electron chi connectivity index (χ3n) is 8.38. The van der Waals surface area contributed by atoms with Crippen LogP contribution < -0.4 is 5.32 Å². The van der Waals surface area contributed by atoms with E-state index in [0.29, 0.717) is 12.5 Å². The van der Waals surface area contributed by atoms with Crippen molar-refractivity contribution in [1.29, 1.82) is 0 Å². The third-order valence-corrected chi connectivity index (χ3v) is 9.17. The number of hydrogen-bond donors (Lipinski definition) is 3. The van der Waals surface area contributed by atoms with Crippen molar-refractivity contribution in [2.24, 2.45) is 5.41 Å². The zero-order valence-electron chi connectivity index (χ0n) is 21.3. The number of nitrogens with zero attached hydrogens (tertiary/aromatic N) is 4. The summed E-state index contributed by atoms with van der Waals surface area (Å²) in [6, 6.07) is 10.4. The number of anilines is 2. The van der Waals surface area contributed by atoms with E-state index in [1.807, 2.05) is 28.7 Å². The number of pyridine rings is 1. The lowest BCUT2D eigenvalue weighted by molar-refractivity contribution is -0.137. The number of piperidine rings is 1. The van der Waals surface area contributed by atoms with Gasteiger partial charge in [-0.05, 0) is 68.0 Å². The molecule has 1 amide bonds. The summed E-state index contributed by atoms with van der Waals surface area (Å²) < 4.78 is 1.16. The Labute approximate surface area is 225 Å². The third kappa shape index (κ3) is 4.48. The van der Waals surface area contributed by atoms with Crippen LogP contribution in [0.1, 0.15) is 37.8 Å². The van der Waals surface area contributed by atoms with Gasteiger partial charge in [0.05, 0.1) is 32.9 Å². The lowest BCUT2D eigenvalue weighted by Gasteiger charge is -2.35. The molecule has 0 unspecified atom stereocenters. The topological polar surface area (TPSA) is 97.4 Å². The van der Waals surface area contributed by atoms with Crippen molar-refractivity contribution in [2.45, 2.75) is 38.2 Å². The number of aromatic amines is 1. The average Bonchev–Trinajstić information content (AvgIpc) is 3.35. The normalized spacial score (nSPS) is 20.1. The molecule has 196 valence electrons. The maximum atomic E-state index is 13.5. The zero-order chi connectivity index (χ0) is 25.7. The van der Waals surface area contributed by atoms with Gasteiger partial charge in [-0.25, -0.2) is 9.97 Å². The van der Waals surface area contributed by atoms with Gasteiger partial charge >= 0.3 is 0 Å². The number of carbonyl (C=O) groups excluding carboxylic acids is 1. The van der Waals surface area contributed by atoms with E-state index < -0.39 is 0 Å². The molecular formula is C29H32N6O2S. The van der Waals surface area contributed by atoms with Crippen LogP contribution in [0.25, 0.3) is 26.8 Å². The fourth-order valence-electron chi connectivity index (χ4n) is 5.93. The highest BCUT2D eigenvalue weighted by atomic mass is 32.1. The molecule has 8 nitrogen and oxygen atoms in total.